The summed E-state index contributed by atoms with van der Waals surface area (Å²) in [5.74, 6) is 0.686. The van der Waals surface area contributed by atoms with Gasteiger partial charge in [0, 0.05) is 32.6 Å². The van der Waals surface area contributed by atoms with E-state index in [0.717, 1.165) is 5.75 Å². The van der Waals surface area contributed by atoms with Crippen LogP contribution in [0.4, 0.5) is 0 Å². The van der Waals surface area contributed by atoms with Crippen molar-refractivity contribution in [3.8, 4) is 0 Å². The molecule has 4 N–H and O–H groups in total. The SMILES string of the molecule is CSCC[C@H](N)C(=O)NCC1(O)CCOCC1. The molecule has 5 nitrogen and oxygen atoms in total. The summed E-state index contributed by atoms with van der Waals surface area (Å²) < 4.78 is 5.17. The molecule has 1 heterocycles. The molecule has 0 spiro atoms. The van der Waals surface area contributed by atoms with E-state index in [9.17, 15) is 9.90 Å². The minimum absolute atomic E-state index is 0.182. The highest BCUT2D eigenvalue weighted by Crippen LogP contribution is 2.19. The fraction of sp³-hybridized carbons (Fsp3) is 0.909. The van der Waals surface area contributed by atoms with Gasteiger partial charge in [0.05, 0.1) is 11.6 Å². The van der Waals surface area contributed by atoms with E-state index in [-0.39, 0.29) is 12.5 Å². The predicted molar refractivity (Wildman–Crippen MR) is 69.0 cm³/mol. The molecule has 1 fully saturated rings. The number of ether oxygens (including phenoxy) is 1. The van der Waals surface area contributed by atoms with Gasteiger partial charge in [-0.25, -0.2) is 0 Å². The third-order valence-corrected chi connectivity index (χ3v) is 3.63. The Bertz CT molecular complexity index is 245. The van der Waals surface area contributed by atoms with Gasteiger partial charge in [-0.05, 0) is 18.4 Å². The summed E-state index contributed by atoms with van der Waals surface area (Å²) in [5.41, 5.74) is 4.90. The molecule has 6 heteroatoms. The summed E-state index contributed by atoms with van der Waals surface area (Å²) in [6, 6.07) is -0.481. The number of carbonyl (C=O) groups excluding carboxylic acids is 1. The van der Waals surface area contributed by atoms with E-state index >= 15 is 0 Å². The maximum Gasteiger partial charge on any atom is 0.237 e. The Morgan fingerprint density at radius 1 is 1.59 bits per heavy atom. The van der Waals surface area contributed by atoms with E-state index in [1.165, 1.54) is 0 Å². The van der Waals surface area contributed by atoms with Crippen LogP contribution >= 0.6 is 11.8 Å². The van der Waals surface area contributed by atoms with Crippen LogP contribution in [0, 0.1) is 0 Å². The van der Waals surface area contributed by atoms with E-state index in [4.69, 9.17) is 10.5 Å². The molecular formula is C11H22N2O3S. The summed E-state index contributed by atoms with van der Waals surface area (Å²) in [6.07, 6.45) is 3.77. The van der Waals surface area contributed by atoms with Crippen LogP contribution in [0.15, 0.2) is 0 Å². The lowest BCUT2D eigenvalue weighted by Gasteiger charge is -2.32. The van der Waals surface area contributed by atoms with E-state index in [0.29, 0.717) is 32.5 Å². The summed E-state index contributed by atoms with van der Waals surface area (Å²) in [4.78, 5) is 11.6. The summed E-state index contributed by atoms with van der Waals surface area (Å²) in [6.45, 7) is 1.36. The summed E-state index contributed by atoms with van der Waals surface area (Å²) in [7, 11) is 0. The zero-order valence-electron chi connectivity index (χ0n) is 10.3. The van der Waals surface area contributed by atoms with Gasteiger partial charge in [-0.2, -0.15) is 11.8 Å². The lowest BCUT2D eigenvalue weighted by molar-refractivity contribution is -0.125. The maximum absolute atomic E-state index is 11.6. The number of rotatable bonds is 6. The quantitative estimate of drug-likeness (QED) is 0.613. The number of nitrogens with two attached hydrogens (primary N) is 1. The minimum atomic E-state index is -0.826. The molecule has 0 aromatic rings. The molecule has 100 valence electrons. The van der Waals surface area contributed by atoms with Crippen molar-refractivity contribution in [2.45, 2.75) is 30.9 Å². The van der Waals surface area contributed by atoms with Gasteiger partial charge in [-0.1, -0.05) is 0 Å². The van der Waals surface area contributed by atoms with Gasteiger partial charge in [0.1, 0.15) is 0 Å². The van der Waals surface area contributed by atoms with Crippen LogP contribution in [-0.2, 0) is 9.53 Å². The molecule has 0 aliphatic carbocycles. The molecule has 0 aromatic heterocycles. The van der Waals surface area contributed by atoms with Crippen molar-refractivity contribution in [3.05, 3.63) is 0 Å². The molecule has 1 amide bonds. The first-order valence-corrected chi connectivity index (χ1v) is 7.29. The van der Waals surface area contributed by atoms with E-state index in [1.54, 1.807) is 11.8 Å². The van der Waals surface area contributed by atoms with Crippen molar-refractivity contribution in [2.75, 3.05) is 31.8 Å². The number of hydrogen-bond acceptors (Lipinski definition) is 5. The first kappa shape index (κ1) is 14.8. The van der Waals surface area contributed by atoms with Gasteiger partial charge in [-0.3, -0.25) is 4.79 Å². The molecule has 0 unspecified atom stereocenters. The van der Waals surface area contributed by atoms with Crippen molar-refractivity contribution < 1.29 is 14.6 Å². The monoisotopic (exact) mass is 262 g/mol. The molecule has 0 aromatic carbocycles. The number of carbonyl (C=O) groups is 1. The average Bonchev–Trinajstić information content (AvgIpc) is 2.34. The lowest BCUT2D eigenvalue weighted by atomic mass is 9.94. The van der Waals surface area contributed by atoms with Gasteiger partial charge < -0.3 is 20.9 Å². The van der Waals surface area contributed by atoms with E-state index in [2.05, 4.69) is 5.32 Å². The van der Waals surface area contributed by atoms with Crippen LogP contribution in [0.1, 0.15) is 19.3 Å². The highest BCUT2D eigenvalue weighted by atomic mass is 32.2. The van der Waals surface area contributed by atoms with Crippen LogP contribution in [0.2, 0.25) is 0 Å². The fourth-order valence-electron chi connectivity index (χ4n) is 1.69. The van der Waals surface area contributed by atoms with Gasteiger partial charge in [0.25, 0.3) is 0 Å². The van der Waals surface area contributed by atoms with Crippen molar-refractivity contribution in [2.24, 2.45) is 5.73 Å². The second kappa shape index (κ2) is 7.20. The van der Waals surface area contributed by atoms with Crippen LogP contribution in [0.25, 0.3) is 0 Å². The van der Waals surface area contributed by atoms with Crippen molar-refractivity contribution in [3.63, 3.8) is 0 Å². The second-order valence-electron chi connectivity index (χ2n) is 4.44. The van der Waals surface area contributed by atoms with Crippen LogP contribution in [0.3, 0.4) is 0 Å². The van der Waals surface area contributed by atoms with Crippen molar-refractivity contribution in [1.29, 1.82) is 0 Å². The molecule has 1 aliphatic heterocycles. The van der Waals surface area contributed by atoms with Gasteiger partial charge in [0.15, 0.2) is 0 Å². The highest BCUT2D eigenvalue weighted by molar-refractivity contribution is 7.98. The third kappa shape index (κ3) is 5.25. The molecular weight excluding hydrogens is 240 g/mol. The molecule has 1 rings (SSSR count). The zero-order valence-corrected chi connectivity index (χ0v) is 11.1. The number of aliphatic hydroxyl groups is 1. The van der Waals surface area contributed by atoms with E-state index < -0.39 is 11.6 Å². The second-order valence-corrected chi connectivity index (χ2v) is 5.43. The summed E-state index contributed by atoms with van der Waals surface area (Å²) in [5, 5.41) is 12.9. The van der Waals surface area contributed by atoms with Crippen molar-refractivity contribution >= 4 is 17.7 Å². The van der Waals surface area contributed by atoms with Crippen LogP contribution in [-0.4, -0.2) is 54.4 Å². The standard InChI is InChI=1S/C11H22N2O3S/c1-17-7-2-9(12)10(14)13-8-11(15)3-5-16-6-4-11/h9,15H,2-8,12H2,1H3,(H,13,14)/t9-/m0/s1. The first-order chi connectivity index (χ1) is 8.07. The highest BCUT2D eigenvalue weighted by Gasteiger charge is 2.30. The smallest absolute Gasteiger partial charge is 0.237 e. The largest absolute Gasteiger partial charge is 0.388 e. The number of thioether (sulfide) groups is 1. The van der Waals surface area contributed by atoms with E-state index in [1.807, 2.05) is 6.26 Å². The van der Waals surface area contributed by atoms with Gasteiger partial charge >= 0.3 is 0 Å². The number of amides is 1. The van der Waals surface area contributed by atoms with Crippen LogP contribution < -0.4 is 11.1 Å². The number of hydrogen-bond donors (Lipinski definition) is 3. The topological polar surface area (TPSA) is 84.6 Å². The number of nitrogens with one attached hydrogen (secondary N) is 1. The Balaban J connectivity index is 2.26. The van der Waals surface area contributed by atoms with Gasteiger partial charge in [-0.15, -0.1) is 0 Å². The Morgan fingerprint density at radius 3 is 2.82 bits per heavy atom. The predicted octanol–water partition coefficient (Wildman–Crippen LogP) is -0.275. The van der Waals surface area contributed by atoms with Gasteiger partial charge in [0.2, 0.25) is 5.91 Å². The Kier molecular flexibility index (Phi) is 6.26. The third-order valence-electron chi connectivity index (χ3n) is 2.98. The first-order valence-electron chi connectivity index (χ1n) is 5.90. The zero-order chi connectivity index (χ0) is 12.7. The Hall–Kier alpha value is -0.300. The Morgan fingerprint density at radius 2 is 2.24 bits per heavy atom. The lowest BCUT2D eigenvalue weighted by Crippen LogP contribution is -2.50. The maximum atomic E-state index is 11.6. The fourth-order valence-corrected chi connectivity index (χ4v) is 2.18. The average molecular weight is 262 g/mol. The normalized spacial score (nSPS) is 20.9. The molecule has 17 heavy (non-hydrogen) atoms. The molecule has 1 aliphatic rings. The molecule has 1 saturated heterocycles. The minimum Gasteiger partial charge on any atom is -0.388 e. The summed E-state index contributed by atoms with van der Waals surface area (Å²) >= 11 is 1.67. The Labute approximate surface area is 106 Å². The molecule has 0 bridgehead atoms. The molecule has 1 atom stereocenters. The molecule has 0 radical (unpaired) electrons. The molecule has 0 saturated carbocycles. The van der Waals surface area contributed by atoms with Crippen LogP contribution in [0.5, 0.6) is 0 Å². The van der Waals surface area contributed by atoms with Crippen molar-refractivity contribution in [1.82, 2.24) is 5.32 Å².